The first-order chi connectivity index (χ1) is 11.2. The van der Waals surface area contributed by atoms with Gasteiger partial charge in [-0.2, -0.15) is 0 Å². The lowest BCUT2D eigenvalue weighted by molar-refractivity contribution is -0.150. The number of rotatable bonds is 4. The molecule has 3 nitrogen and oxygen atoms in total. The number of hydrogen-bond donors (Lipinski definition) is 0. The van der Waals surface area contributed by atoms with Gasteiger partial charge in [0.1, 0.15) is 5.82 Å². The minimum Gasteiger partial charge on any atom is -0.469 e. The Morgan fingerprint density at radius 3 is 2.78 bits per heavy atom. The van der Waals surface area contributed by atoms with Crippen molar-refractivity contribution in [1.29, 1.82) is 0 Å². The number of ether oxygens (including phenoxy) is 1. The molecule has 0 spiro atoms. The van der Waals surface area contributed by atoms with Crippen molar-refractivity contribution in [3.63, 3.8) is 0 Å². The summed E-state index contributed by atoms with van der Waals surface area (Å²) < 4.78 is 20.4. The average Bonchev–Trinajstić information content (AvgIpc) is 2.84. The van der Waals surface area contributed by atoms with Crippen molar-refractivity contribution in [1.82, 2.24) is 4.90 Å². The maximum Gasteiger partial charge on any atom is 0.310 e. The van der Waals surface area contributed by atoms with E-state index in [0.29, 0.717) is 6.04 Å². The predicted molar refractivity (Wildman–Crippen MR) is 95.9 cm³/mol. The van der Waals surface area contributed by atoms with Gasteiger partial charge in [0.15, 0.2) is 0 Å². The van der Waals surface area contributed by atoms with Crippen molar-refractivity contribution in [3.05, 3.63) is 45.8 Å². The highest BCUT2D eigenvalue weighted by atomic mass is 127. The molecule has 0 saturated carbocycles. The number of esters is 1. The van der Waals surface area contributed by atoms with Gasteiger partial charge in [-0.25, -0.2) is 4.39 Å². The minimum atomic E-state index is -0.240. The van der Waals surface area contributed by atoms with Gasteiger partial charge in [-0.05, 0) is 41.0 Å². The fourth-order valence-corrected chi connectivity index (χ4v) is 4.50. The van der Waals surface area contributed by atoms with Gasteiger partial charge in [-0.1, -0.05) is 40.8 Å². The lowest BCUT2D eigenvalue weighted by atomic mass is 9.76. The van der Waals surface area contributed by atoms with Crippen molar-refractivity contribution in [2.75, 3.05) is 13.7 Å². The van der Waals surface area contributed by atoms with E-state index in [1.165, 1.54) is 19.2 Å². The Morgan fingerprint density at radius 2 is 2.13 bits per heavy atom. The van der Waals surface area contributed by atoms with Gasteiger partial charge in [0.2, 0.25) is 0 Å². The third-order valence-electron chi connectivity index (χ3n) is 5.24. The molecule has 2 bridgehead atoms. The second-order valence-corrected chi connectivity index (χ2v) is 7.02. The molecule has 124 valence electrons. The summed E-state index contributed by atoms with van der Waals surface area (Å²) in [5, 5.41) is 0. The standard InChI is InChI=1S/C18H21FINO2/c1-23-18(22)17-15(12-3-5-13(19)6-4-12)11-14-7-8-16(17)21(14)10-2-9-20/h2-6,9,14-17H,7-8,10-11H2,1H3. The van der Waals surface area contributed by atoms with Crippen LogP contribution in [0.15, 0.2) is 34.4 Å². The molecule has 0 N–H and O–H groups in total. The van der Waals surface area contributed by atoms with Crippen LogP contribution in [0.3, 0.4) is 0 Å². The summed E-state index contributed by atoms with van der Waals surface area (Å²) in [5.41, 5.74) is 1.04. The predicted octanol–water partition coefficient (Wildman–Crippen LogP) is 3.88. The first-order valence-electron chi connectivity index (χ1n) is 8.00. The van der Waals surface area contributed by atoms with E-state index in [2.05, 4.69) is 33.6 Å². The molecule has 0 amide bonds. The van der Waals surface area contributed by atoms with Crippen molar-refractivity contribution >= 4 is 28.6 Å². The van der Waals surface area contributed by atoms with E-state index in [1.807, 2.05) is 16.2 Å². The van der Waals surface area contributed by atoms with Crippen LogP contribution in [0.4, 0.5) is 4.39 Å². The molecule has 2 aliphatic heterocycles. The maximum atomic E-state index is 13.2. The Labute approximate surface area is 150 Å². The maximum absolute atomic E-state index is 13.2. The quantitative estimate of drug-likeness (QED) is 0.538. The Balaban J connectivity index is 1.91. The molecule has 5 heteroatoms. The van der Waals surface area contributed by atoms with Gasteiger partial charge in [-0.3, -0.25) is 9.69 Å². The van der Waals surface area contributed by atoms with Gasteiger partial charge >= 0.3 is 5.97 Å². The number of carbonyl (C=O) groups is 1. The Bertz CT molecular complexity index is 589. The van der Waals surface area contributed by atoms with Crippen LogP contribution in [-0.4, -0.2) is 36.6 Å². The van der Waals surface area contributed by atoms with Gasteiger partial charge in [-0.15, -0.1) is 0 Å². The van der Waals surface area contributed by atoms with Crippen LogP contribution in [0.25, 0.3) is 0 Å². The summed E-state index contributed by atoms with van der Waals surface area (Å²) in [4.78, 5) is 14.9. The number of methoxy groups -OCH3 is 1. The second-order valence-electron chi connectivity index (χ2n) is 6.30. The highest BCUT2D eigenvalue weighted by Crippen LogP contribution is 2.47. The van der Waals surface area contributed by atoms with Crippen LogP contribution in [0.1, 0.15) is 30.7 Å². The molecule has 0 radical (unpaired) electrons. The minimum absolute atomic E-state index is 0.111. The van der Waals surface area contributed by atoms with E-state index in [0.717, 1.165) is 31.4 Å². The Kier molecular flexibility index (Phi) is 5.36. The molecule has 4 atom stereocenters. The van der Waals surface area contributed by atoms with Crippen molar-refractivity contribution in [3.8, 4) is 0 Å². The van der Waals surface area contributed by atoms with E-state index in [4.69, 9.17) is 4.74 Å². The lowest BCUT2D eigenvalue weighted by Gasteiger charge is -2.43. The van der Waals surface area contributed by atoms with E-state index in [1.54, 1.807) is 0 Å². The summed E-state index contributed by atoms with van der Waals surface area (Å²) in [6, 6.07) is 7.30. The van der Waals surface area contributed by atoms with Crippen molar-refractivity contribution in [2.45, 2.75) is 37.3 Å². The molecular formula is C18H21FINO2. The molecule has 2 heterocycles. The number of nitrogens with zero attached hydrogens (tertiary/aromatic N) is 1. The van der Waals surface area contributed by atoms with Gasteiger partial charge < -0.3 is 4.74 Å². The molecule has 0 aromatic heterocycles. The highest BCUT2D eigenvalue weighted by Gasteiger charge is 2.50. The normalized spacial score (nSPS) is 30.7. The van der Waals surface area contributed by atoms with E-state index < -0.39 is 0 Å². The van der Waals surface area contributed by atoms with Gasteiger partial charge in [0.25, 0.3) is 0 Å². The highest BCUT2D eigenvalue weighted by molar-refractivity contribution is 14.1. The number of fused-ring (bicyclic) bond motifs is 2. The summed E-state index contributed by atoms with van der Waals surface area (Å²) in [7, 11) is 1.46. The topological polar surface area (TPSA) is 29.5 Å². The lowest BCUT2D eigenvalue weighted by Crippen LogP contribution is -2.50. The molecule has 4 unspecified atom stereocenters. The zero-order valence-electron chi connectivity index (χ0n) is 13.1. The summed E-state index contributed by atoms with van der Waals surface area (Å²) in [5.74, 6) is -0.448. The molecule has 1 aromatic rings. The average molecular weight is 429 g/mol. The smallest absolute Gasteiger partial charge is 0.310 e. The third-order valence-corrected chi connectivity index (χ3v) is 5.75. The Hall–Kier alpha value is -0.950. The molecule has 2 fully saturated rings. The molecular weight excluding hydrogens is 408 g/mol. The summed E-state index contributed by atoms with van der Waals surface area (Å²) in [6.45, 7) is 0.877. The fraction of sp³-hybridized carbons (Fsp3) is 0.500. The first kappa shape index (κ1) is 16.9. The second kappa shape index (κ2) is 7.30. The fourth-order valence-electron chi connectivity index (χ4n) is 4.27. The number of benzene rings is 1. The van der Waals surface area contributed by atoms with Crippen molar-refractivity contribution in [2.24, 2.45) is 5.92 Å². The van der Waals surface area contributed by atoms with Crippen LogP contribution >= 0.6 is 22.6 Å². The van der Waals surface area contributed by atoms with Crippen LogP contribution in [0.5, 0.6) is 0 Å². The first-order valence-corrected chi connectivity index (χ1v) is 9.24. The van der Waals surface area contributed by atoms with E-state index in [9.17, 15) is 9.18 Å². The monoisotopic (exact) mass is 429 g/mol. The van der Waals surface area contributed by atoms with Gasteiger partial charge in [0.05, 0.1) is 13.0 Å². The SMILES string of the molecule is COC(=O)C1C(c2ccc(F)cc2)CC2CCC1N2CC=CI. The van der Waals surface area contributed by atoms with Crippen LogP contribution in [0.2, 0.25) is 0 Å². The molecule has 2 saturated heterocycles. The van der Waals surface area contributed by atoms with Crippen molar-refractivity contribution < 1.29 is 13.9 Å². The summed E-state index contributed by atoms with van der Waals surface area (Å²) >= 11 is 2.23. The van der Waals surface area contributed by atoms with E-state index in [-0.39, 0.29) is 29.7 Å². The number of hydrogen-bond acceptors (Lipinski definition) is 3. The largest absolute Gasteiger partial charge is 0.469 e. The number of piperidine rings is 1. The van der Waals surface area contributed by atoms with Crippen LogP contribution in [0, 0.1) is 11.7 Å². The molecule has 23 heavy (non-hydrogen) atoms. The number of halogens is 2. The molecule has 1 aromatic carbocycles. The number of carbonyl (C=O) groups excluding carboxylic acids is 1. The molecule has 0 aliphatic carbocycles. The zero-order valence-corrected chi connectivity index (χ0v) is 15.3. The summed E-state index contributed by atoms with van der Waals surface area (Å²) in [6.07, 6.45) is 5.21. The van der Waals surface area contributed by atoms with E-state index >= 15 is 0 Å². The van der Waals surface area contributed by atoms with Crippen LogP contribution in [-0.2, 0) is 9.53 Å². The third kappa shape index (κ3) is 3.31. The molecule has 3 rings (SSSR count). The van der Waals surface area contributed by atoms with Gasteiger partial charge in [0, 0.05) is 24.5 Å². The Morgan fingerprint density at radius 1 is 1.39 bits per heavy atom. The molecule has 2 aliphatic rings. The zero-order chi connectivity index (χ0) is 16.4. The van der Waals surface area contributed by atoms with Crippen LogP contribution < -0.4 is 0 Å².